The lowest BCUT2D eigenvalue weighted by Gasteiger charge is -1.95. The Labute approximate surface area is 80.1 Å². The molecule has 0 N–H and O–H groups in total. The summed E-state index contributed by atoms with van der Waals surface area (Å²) in [6.45, 7) is 5.39. The van der Waals surface area contributed by atoms with E-state index in [0.29, 0.717) is 0 Å². The lowest BCUT2D eigenvalue weighted by Crippen LogP contribution is -1.97. The third kappa shape index (κ3) is 3.57. The molecule has 1 aromatic heterocycles. The second-order valence-electron chi connectivity index (χ2n) is 3.43. The molecule has 1 rings (SSSR count). The Morgan fingerprint density at radius 3 is 2.69 bits per heavy atom. The lowest BCUT2D eigenvalue weighted by atomic mass is 10.2. The van der Waals surface area contributed by atoms with Crippen LogP contribution in [0.1, 0.15) is 45.2 Å². The number of aryl methyl sites for hydroxylation is 2. The molecule has 0 atom stereocenters. The van der Waals surface area contributed by atoms with Gasteiger partial charge in [0.1, 0.15) is 0 Å². The zero-order valence-corrected chi connectivity index (χ0v) is 8.66. The molecule has 3 nitrogen and oxygen atoms in total. The zero-order valence-electron chi connectivity index (χ0n) is 8.66. The minimum absolute atomic E-state index is 1.01. The third-order valence-corrected chi connectivity index (χ3v) is 2.11. The normalized spacial score (nSPS) is 10.6. The molecular formula is C10H19N3. The van der Waals surface area contributed by atoms with Gasteiger partial charge in [-0.25, -0.2) is 0 Å². The van der Waals surface area contributed by atoms with Crippen molar-refractivity contribution >= 4 is 0 Å². The van der Waals surface area contributed by atoms with Crippen molar-refractivity contribution in [1.82, 2.24) is 15.0 Å². The van der Waals surface area contributed by atoms with Crippen molar-refractivity contribution in [3.05, 3.63) is 11.9 Å². The molecule has 1 aromatic rings. The molecule has 0 unspecified atom stereocenters. The molecule has 0 bridgehead atoms. The van der Waals surface area contributed by atoms with Gasteiger partial charge in [0.2, 0.25) is 0 Å². The fraction of sp³-hybridized carbons (Fsp3) is 0.800. The molecule has 0 aliphatic rings. The number of hydrogen-bond acceptors (Lipinski definition) is 2. The van der Waals surface area contributed by atoms with E-state index in [1.54, 1.807) is 0 Å². The van der Waals surface area contributed by atoms with Crippen molar-refractivity contribution in [3.8, 4) is 0 Å². The van der Waals surface area contributed by atoms with Gasteiger partial charge in [-0.05, 0) is 19.3 Å². The van der Waals surface area contributed by atoms with Gasteiger partial charge in [-0.2, -0.15) is 0 Å². The van der Waals surface area contributed by atoms with Crippen LogP contribution < -0.4 is 0 Å². The SMILES string of the molecule is CCCCc1cn(CCCC)nn1. The van der Waals surface area contributed by atoms with Crippen molar-refractivity contribution < 1.29 is 0 Å². The first-order valence-corrected chi connectivity index (χ1v) is 5.25. The Morgan fingerprint density at radius 2 is 2.00 bits per heavy atom. The second-order valence-corrected chi connectivity index (χ2v) is 3.43. The summed E-state index contributed by atoms with van der Waals surface area (Å²) in [7, 11) is 0. The highest BCUT2D eigenvalue weighted by Gasteiger charge is 1.98. The standard InChI is InChI=1S/C10H19N3/c1-3-5-7-10-9-13(12-11-10)8-6-4-2/h9H,3-8H2,1-2H3. The number of nitrogens with zero attached hydrogens (tertiary/aromatic N) is 3. The van der Waals surface area contributed by atoms with Gasteiger partial charge in [0, 0.05) is 12.7 Å². The minimum atomic E-state index is 1.01. The van der Waals surface area contributed by atoms with E-state index in [1.165, 1.54) is 25.7 Å². The average Bonchev–Trinajstić information content (AvgIpc) is 2.59. The molecule has 3 heteroatoms. The molecule has 0 saturated carbocycles. The highest BCUT2D eigenvalue weighted by molar-refractivity contribution is 4.91. The van der Waals surface area contributed by atoms with Crippen LogP contribution in [0.2, 0.25) is 0 Å². The maximum atomic E-state index is 4.12. The van der Waals surface area contributed by atoms with Gasteiger partial charge >= 0.3 is 0 Å². The van der Waals surface area contributed by atoms with E-state index in [1.807, 2.05) is 4.68 Å². The van der Waals surface area contributed by atoms with E-state index in [0.717, 1.165) is 18.7 Å². The number of unbranched alkanes of at least 4 members (excludes halogenated alkanes) is 2. The van der Waals surface area contributed by atoms with Gasteiger partial charge in [0.05, 0.1) is 5.69 Å². The second kappa shape index (κ2) is 5.73. The van der Waals surface area contributed by atoms with Crippen molar-refractivity contribution in [2.45, 2.75) is 52.5 Å². The summed E-state index contributed by atoms with van der Waals surface area (Å²) >= 11 is 0. The predicted molar refractivity (Wildman–Crippen MR) is 53.5 cm³/mol. The van der Waals surface area contributed by atoms with E-state index in [4.69, 9.17) is 0 Å². The molecule has 0 spiro atoms. The summed E-state index contributed by atoms with van der Waals surface area (Å²) in [5.74, 6) is 0. The first-order chi connectivity index (χ1) is 6.36. The molecule has 0 aromatic carbocycles. The van der Waals surface area contributed by atoms with Gasteiger partial charge in [0.25, 0.3) is 0 Å². The van der Waals surface area contributed by atoms with Crippen LogP contribution in [0.3, 0.4) is 0 Å². The fourth-order valence-corrected chi connectivity index (χ4v) is 1.24. The highest BCUT2D eigenvalue weighted by atomic mass is 15.4. The maximum absolute atomic E-state index is 4.12. The van der Waals surface area contributed by atoms with E-state index in [-0.39, 0.29) is 0 Å². The van der Waals surface area contributed by atoms with Crippen LogP contribution in [0.4, 0.5) is 0 Å². The Kier molecular flexibility index (Phi) is 4.50. The molecule has 0 fully saturated rings. The molecule has 74 valence electrons. The van der Waals surface area contributed by atoms with E-state index >= 15 is 0 Å². The Hall–Kier alpha value is -0.860. The van der Waals surface area contributed by atoms with Crippen LogP contribution in [-0.2, 0) is 13.0 Å². The number of hydrogen-bond donors (Lipinski definition) is 0. The fourth-order valence-electron chi connectivity index (χ4n) is 1.24. The van der Waals surface area contributed by atoms with Gasteiger partial charge in [0.15, 0.2) is 0 Å². The average molecular weight is 181 g/mol. The Morgan fingerprint density at radius 1 is 1.23 bits per heavy atom. The number of aromatic nitrogens is 3. The van der Waals surface area contributed by atoms with E-state index in [2.05, 4.69) is 30.4 Å². The molecular weight excluding hydrogens is 162 g/mol. The van der Waals surface area contributed by atoms with Gasteiger partial charge < -0.3 is 0 Å². The van der Waals surface area contributed by atoms with E-state index in [9.17, 15) is 0 Å². The topological polar surface area (TPSA) is 30.7 Å². The molecule has 0 saturated heterocycles. The summed E-state index contributed by atoms with van der Waals surface area (Å²) < 4.78 is 1.95. The molecule has 0 amide bonds. The summed E-state index contributed by atoms with van der Waals surface area (Å²) in [5, 5.41) is 8.19. The van der Waals surface area contributed by atoms with E-state index < -0.39 is 0 Å². The monoisotopic (exact) mass is 181 g/mol. The van der Waals surface area contributed by atoms with Crippen LogP contribution in [0.15, 0.2) is 6.20 Å². The van der Waals surface area contributed by atoms with Crippen LogP contribution >= 0.6 is 0 Å². The highest BCUT2D eigenvalue weighted by Crippen LogP contribution is 2.01. The van der Waals surface area contributed by atoms with Crippen molar-refractivity contribution in [3.63, 3.8) is 0 Å². The lowest BCUT2D eigenvalue weighted by molar-refractivity contribution is 0.553. The molecule has 0 aliphatic carbocycles. The van der Waals surface area contributed by atoms with Crippen molar-refractivity contribution in [2.24, 2.45) is 0 Å². The number of rotatable bonds is 6. The van der Waals surface area contributed by atoms with Gasteiger partial charge in [-0.1, -0.05) is 31.9 Å². The summed E-state index contributed by atoms with van der Waals surface area (Å²) in [6, 6.07) is 0. The summed E-state index contributed by atoms with van der Waals surface area (Å²) in [4.78, 5) is 0. The predicted octanol–water partition coefficient (Wildman–Crippen LogP) is 2.42. The third-order valence-electron chi connectivity index (χ3n) is 2.11. The van der Waals surface area contributed by atoms with Crippen LogP contribution in [-0.4, -0.2) is 15.0 Å². The first kappa shape index (κ1) is 10.2. The Bertz CT molecular complexity index is 207. The molecule has 1 heterocycles. The van der Waals surface area contributed by atoms with Crippen LogP contribution in [0, 0.1) is 0 Å². The van der Waals surface area contributed by atoms with Crippen molar-refractivity contribution in [1.29, 1.82) is 0 Å². The smallest absolute Gasteiger partial charge is 0.0827 e. The quantitative estimate of drug-likeness (QED) is 0.674. The largest absolute Gasteiger partial charge is 0.252 e. The van der Waals surface area contributed by atoms with Gasteiger partial charge in [-0.3, -0.25) is 4.68 Å². The zero-order chi connectivity index (χ0) is 9.52. The molecule has 0 radical (unpaired) electrons. The van der Waals surface area contributed by atoms with Crippen LogP contribution in [0.5, 0.6) is 0 Å². The Balaban J connectivity index is 2.34. The summed E-state index contributed by atoms with van der Waals surface area (Å²) in [5.41, 5.74) is 1.14. The molecule has 0 aliphatic heterocycles. The van der Waals surface area contributed by atoms with Gasteiger partial charge in [-0.15, -0.1) is 5.10 Å². The maximum Gasteiger partial charge on any atom is 0.0827 e. The first-order valence-electron chi connectivity index (χ1n) is 5.25. The molecule has 13 heavy (non-hydrogen) atoms. The minimum Gasteiger partial charge on any atom is -0.252 e. The summed E-state index contributed by atoms with van der Waals surface area (Å²) in [6.07, 6.45) is 7.99. The van der Waals surface area contributed by atoms with Crippen LogP contribution in [0.25, 0.3) is 0 Å². The van der Waals surface area contributed by atoms with Crippen molar-refractivity contribution in [2.75, 3.05) is 0 Å².